The standard InChI is InChI=1S/C35H42N8O4S/c1-24-12-14-27(15-13-24)48(46,47)42-35(37)39-18-6-9-30(36)34(45)43(20-17-26-22-41-32-11-5-3-8-29(26)32)23-33(44)38-19-16-25-21-40-31-10-4-2-7-28(25)31/h2-5,7-8,10-15,21-22,30,40-41H,6,9,16-20,23,36H2,1H3,(H,38,44)(H3,37,39,42)/t30-/m0/s1. The third-order valence-electron chi connectivity index (χ3n) is 8.21. The van der Waals surface area contributed by atoms with E-state index in [0.717, 1.165) is 38.5 Å². The van der Waals surface area contributed by atoms with Crippen molar-refractivity contribution in [3.63, 3.8) is 0 Å². The normalized spacial score (nSPS) is 12.7. The molecule has 5 aromatic rings. The minimum atomic E-state index is -3.87. The number of aliphatic imine (C=N–C) groups is 1. The fraction of sp³-hybridized carbons (Fsp3) is 0.286. The van der Waals surface area contributed by atoms with Crippen LogP contribution in [0.25, 0.3) is 21.8 Å². The fourth-order valence-corrected chi connectivity index (χ4v) is 6.53. The summed E-state index contributed by atoms with van der Waals surface area (Å²) < 4.78 is 27.4. The average molecular weight is 671 g/mol. The number of nitrogens with two attached hydrogens (primary N) is 2. The first-order chi connectivity index (χ1) is 23.1. The van der Waals surface area contributed by atoms with Crippen molar-refractivity contribution in [2.75, 3.05) is 26.2 Å². The first kappa shape index (κ1) is 34.2. The number of H-pyrrole nitrogens is 2. The lowest BCUT2D eigenvalue weighted by Crippen LogP contribution is -2.48. The molecule has 2 amide bonds. The van der Waals surface area contributed by atoms with Crippen LogP contribution in [0.2, 0.25) is 0 Å². The number of nitrogens with one attached hydrogen (secondary N) is 4. The van der Waals surface area contributed by atoms with Gasteiger partial charge in [0.1, 0.15) is 0 Å². The number of rotatable bonds is 15. The Morgan fingerprint density at radius 2 is 1.50 bits per heavy atom. The fourth-order valence-electron chi connectivity index (χ4n) is 5.58. The molecule has 0 unspecified atom stereocenters. The topological polar surface area (TPSA) is 192 Å². The van der Waals surface area contributed by atoms with E-state index in [1.54, 1.807) is 12.1 Å². The summed E-state index contributed by atoms with van der Waals surface area (Å²) in [4.78, 5) is 38.8. The Morgan fingerprint density at radius 1 is 0.896 bits per heavy atom. The molecule has 0 saturated carbocycles. The van der Waals surface area contributed by atoms with Gasteiger partial charge in [0.2, 0.25) is 17.8 Å². The van der Waals surface area contributed by atoms with E-state index < -0.39 is 16.1 Å². The van der Waals surface area contributed by atoms with Gasteiger partial charge in [0.15, 0.2) is 0 Å². The molecule has 0 spiro atoms. The zero-order chi connectivity index (χ0) is 34.1. The number of sulfonamides is 1. The average Bonchev–Trinajstić information content (AvgIpc) is 3.68. The smallest absolute Gasteiger partial charge is 0.264 e. The summed E-state index contributed by atoms with van der Waals surface area (Å²) in [6.07, 6.45) is 5.70. The molecule has 1 atom stereocenters. The number of carbonyl (C=O) groups excluding carboxylic acids is 2. The molecular weight excluding hydrogens is 629 g/mol. The van der Waals surface area contributed by atoms with E-state index in [1.807, 2.05) is 67.8 Å². The van der Waals surface area contributed by atoms with E-state index in [0.29, 0.717) is 32.4 Å². The number of guanidine groups is 1. The molecule has 2 heterocycles. The Morgan fingerprint density at radius 3 is 2.15 bits per heavy atom. The molecule has 0 aliphatic rings. The number of aromatic nitrogens is 2. The summed E-state index contributed by atoms with van der Waals surface area (Å²) in [5.74, 6) is -0.869. The third-order valence-corrected chi connectivity index (χ3v) is 9.58. The maximum absolute atomic E-state index is 13.6. The van der Waals surface area contributed by atoms with Crippen LogP contribution < -0.4 is 21.5 Å². The number of aryl methyl sites for hydroxylation is 1. The van der Waals surface area contributed by atoms with E-state index in [4.69, 9.17) is 11.5 Å². The second-order valence-corrected chi connectivity index (χ2v) is 13.4. The van der Waals surface area contributed by atoms with Gasteiger partial charge in [-0.3, -0.25) is 14.6 Å². The monoisotopic (exact) mass is 670 g/mol. The van der Waals surface area contributed by atoms with Crippen LogP contribution in [0, 0.1) is 6.92 Å². The molecule has 0 aliphatic carbocycles. The number of hydrogen-bond donors (Lipinski definition) is 6. The van der Waals surface area contributed by atoms with Gasteiger partial charge in [-0.15, -0.1) is 0 Å². The van der Waals surface area contributed by atoms with Gasteiger partial charge >= 0.3 is 0 Å². The first-order valence-electron chi connectivity index (χ1n) is 15.9. The van der Waals surface area contributed by atoms with Crippen LogP contribution in [0.3, 0.4) is 0 Å². The van der Waals surface area contributed by atoms with Gasteiger partial charge in [0.25, 0.3) is 10.0 Å². The molecule has 8 N–H and O–H groups in total. The molecule has 3 aromatic carbocycles. The molecule has 0 radical (unpaired) electrons. The predicted octanol–water partition coefficient (Wildman–Crippen LogP) is 3.09. The summed E-state index contributed by atoms with van der Waals surface area (Å²) >= 11 is 0. The van der Waals surface area contributed by atoms with Crippen LogP contribution in [0.15, 0.2) is 95.1 Å². The SMILES string of the molecule is Cc1ccc(S(=O)(=O)NC(N)=NCCC[C@H](N)C(=O)N(CCc2c[nH]c3ccccc23)CC(=O)NCCc2c[nH]c3ccccc23)cc1. The number of nitrogens with zero attached hydrogens (tertiary/aromatic N) is 2. The molecule has 12 nitrogen and oxygen atoms in total. The molecular formula is C35H42N8O4S. The van der Waals surface area contributed by atoms with Crippen molar-refractivity contribution in [2.45, 2.75) is 43.5 Å². The number of para-hydroxylation sites is 2. The number of aromatic amines is 2. The number of carbonyl (C=O) groups is 2. The maximum Gasteiger partial charge on any atom is 0.264 e. The van der Waals surface area contributed by atoms with Crippen LogP contribution >= 0.6 is 0 Å². The second kappa shape index (κ2) is 15.6. The van der Waals surface area contributed by atoms with Gasteiger partial charge in [0.05, 0.1) is 17.5 Å². The lowest BCUT2D eigenvalue weighted by molar-refractivity contribution is -0.137. The van der Waals surface area contributed by atoms with Gasteiger partial charge in [-0.25, -0.2) is 13.1 Å². The van der Waals surface area contributed by atoms with E-state index in [-0.39, 0.29) is 42.2 Å². The Labute approximate surface area is 280 Å². The van der Waals surface area contributed by atoms with Crippen molar-refractivity contribution in [3.8, 4) is 0 Å². The number of amides is 2. The molecule has 0 aliphatic heterocycles. The van der Waals surface area contributed by atoms with E-state index in [2.05, 4.69) is 25.0 Å². The Kier molecular flexibility index (Phi) is 11.1. The van der Waals surface area contributed by atoms with E-state index in [9.17, 15) is 18.0 Å². The Balaban J connectivity index is 1.16. The summed E-state index contributed by atoms with van der Waals surface area (Å²) in [5.41, 5.74) is 17.3. The Bertz CT molecular complexity index is 2000. The van der Waals surface area contributed by atoms with Gasteiger partial charge in [0, 0.05) is 53.8 Å². The number of hydrogen-bond acceptors (Lipinski definition) is 6. The molecule has 13 heteroatoms. The summed E-state index contributed by atoms with van der Waals surface area (Å²) in [6, 6.07) is 21.4. The van der Waals surface area contributed by atoms with E-state index in [1.165, 1.54) is 17.0 Å². The summed E-state index contributed by atoms with van der Waals surface area (Å²) in [7, 11) is -3.87. The van der Waals surface area contributed by atoms with E-state index >= 15 is 0 Å². The van der Waals surface area contributed by atoms with Crippen LogP contribution in [0.4, 0.5) is 0 Å². The van der Waals surface area contributed by atoms with Crippen LogP contribution in [0.1, 0.15) is 29.5 Å². The largest absolute Gasteiger partial charge is 0.369 e. The van der Waals surface area contributed by atoms with Crippen LogP contribution in [-0.4, -0.2) is 73.3 Å². The molecule has 252 valence electrons. The van der Waals surface area contributed by atoms with Gasteiger partial charge in [-0.2, -0.15) is 0 Å². The molecule has 0 bridgehead atoms. The molecule has 48 heavy (non-hydrogen) atoms. The van der Waals surface area contributed by atoms with Crippen molar-refractivity contribution in [1.82, 2.24) is 24.9 Å². The van der Waals surface area contributed by atoms with Crippen molar-refractivity contribution < 1.29 is 18.0 Å². The molecule has 5 rings (SSSR count). The highest BCUT2D eigenvalue weighted by atomic mass is 32.2. The molecule has 0 saturated heterocycles. The maximum atomic E-state index is 13.6. The minimum absolute atomic E-state index is 0.0774. The molecule has 2 aromatic heterocycles. The minimum Gasteiger partial charge on any atom is -0.369 e. The van der Waals surface area contributed by atoms with Crippen LogP contribution in [-0.2, 0) is 32.5 Å². The van der Waals surface area contributed by atoms with Crippen LogP contribution in [0.5, 0.6) is 0 Å². The quantitative estimate of drug-likeness (QED) is 0.0563. The van der Waals surface area contributed by atoms with Crippen molar-refractivity contribution >= 4 is 49.6 Å². The highest BCUT2D eigenvalue weighted by Crippen LogP contribution is 2.19. The van der Waals surface area contributed by atoms with Gasteiger partial charge in [-0.1, -0.05) is 54.1 Å². The highest BCUT2D eigenvalue weighted by Gasteiger charge is 2.23. The molecule has 0 fully saturated rings. The summed E-state index contributed by atoms with van der Waals surface area (Å²) in [5, 5.41) is 5.12. The zero-order valence-corrected chi connectivity index (χ0v) is 27.7. The van der Waals surface area contributed by atoms with Gasteiger partial charge in [-0.05, 0) is 68.0 Å². The number of benzene rings is 3. The van der Waals surface area contributed by atoms with Crippen molar-refractivity contribution in [2.24, 2.45) is 16.5 Å². The highest BCUT2D eigenvalue weighted by molar-refractivity contribution is 7.90. The lowest BCUT2D eigenvalue weighted by Gasteiger charge is -2.25. The zero-order valence-electron chi connectivity index (χ0n) is 26.9. The second-order valence-electron chi connectivity index (χ2n) is 11.8. The van der Waals surface area contributed by atoms with Gasteiger partial charge < -0.3 is 31.7 Å². The summed E-state index contributed by atoms with van der Waals surface area (Å²) in [6.45, 7) is 2.61. The Hall–Kier alpha value is -5.14. The van der Waals surface area contributed by atoms with Crippen molar-refractivity contribution in [1.29, 1.82) is 0 Å². The lowest BCUT2D eigenvalue weighted by atomic mass is 10.1. The van der Waals surface area contributed by atoms with Crippen molar-refractivity contribution in [3.05, 3.63) is 102 Å². The number of fused-ring (bicyclic) bond motifs is 2. The predicted molar refractivity (Wildman–Crippen MR) is 189 cm³/mol. The third kappa shape index (κ3) is 8.81. The first-order valence-corrected chi connectivity index (χ1v) is 17.4.